The van der Waals surface area contributed by atoms with Gasteiger partial charge in [0.1, 0.15) is 12.0 Å². The highest BCUT2D eigenvalue weighted by Crippen LogP contribution is 2.20. The summed E-state index contributed by atoms with van der Waals surface area (Å²) in [5.41, 5.74) is 6.16. The number of aryl methyl sites for hydroxylation is 1. The molecule has 0 spiro atoms. The van der Waals surface area contributed by atoms with E-state index >= 15 is 0 Å². The van der Waals surface area contributed by atoms with Gasteiger partial charge in [-0.3, -0.25) is 0 Å². The quantitative estimate of drug-likeness (QED) is 0.741. The van der Waals surface area contributed by atoms with Crippen LogP contribution in [0, 0.1) is 6.92 Å². The fourth-order valence-electron chi connectivity index (χ4n) is 1.60. The predicted molar refractivity (Wildman–Crippen MR) is 61.7 cm³/mol. The summed E-state index contributed by atoms with van der Waals surface area (Å²) in [7, 11) is 0. The van der Waals surface area contributed by atoms with Crippen LogP contribution in [0.4, 0.5) is 0 Å². The largest absolute Gasteiger partial charge is 0.467 e. The number of aromatic nitrogens is 4. The van der Waals surface area contributed by atoms with Gasteiger partial charge in [-0.25, -0.2) is 0 Å². The summed E-state index contributed by atoms with van der Waals surface area (Å²) in [6.07, 6.45) is 1.88. The highest BCUT2D eigenvalue weighted by atomic mass is 16.5. The summed E-state index contributed by atoms with van der Waals surface area (Å²) < 4.78 is 15.2. The summed E-state index contributed by atoms with van der Waals surface area (Å²) in [4.78, 5) is 8.30. The van der Waals surface area contributed by atoms with E-state index in [-0.39, 0.29) is 0 Å². The highest BCUT2D eigenvalue weighted by Gasteiger charge is 2.14. The number of nitrogens with zero attached hydrogens (tertiary/aromatic N) is 4. The van der Waals surface area contributed by atoms with Crippen LogP contribution in [-0.4, -0.2) is 20.3 Å². The van der Waals surface area contributed by atoms with Crippen molar-refractivity contribution in [1.82, 2.24) is 20.3 Å². The van der Waals surface area contributed by atoms with Gasteiger partial charge < -0.3 is 19.2 Å². The molecule has 0 aromatic carbocycles. The average molecular weight is 261 g/mol. The van der Waals surface area contributed by atoms with Gasteiger partial charge in [-0.15, -0.1) is 0 Å². The first-order chi connectivity index (χ1) is 9.24. The Labute approximate surface area is 107 Å². The molecular formula is C11H11N5O3. The van der Waals surface area contributed by atoms with Crippen LogP contribution in [0.2, 0.25) is 0 Å². The minimum absolute atomic E-state index is 0.323. The number of furan rings is 1. The Balaban J connectivity index is 1.79. The van der Waals surface area contributed by atoms with Crippen molar-refractivity contribution in [2.24, 2.45) is 5.73 Å². The maximum atomic E-state index is 5.46. The summed E-state index contributed by atoms with van der Waals surface area (Å²) in [5, 5.41) is 7.62. The molecule has 0 unspecified atom stereocenters. The van der Waals surface area contributed by atoms with E-state index < -0.39 is 0 Å². The second kappa shape index (κ2) is 4.65. The van der Waals surface area contributed by atoms with E-state index in [4.69, 9.17) is 19.2 Å². The van der Waals surface area contributed by atoms with E-state index in [9.17, 15) is 0 Å². The van der Waals surface area contributed by atoms with Crippen molar-refractivity contribution in [1.29, 1.82) is 0 Å². The van der Waals surface area contributed by atoms with Crippen molar-refractivity contribution in [2.75, 3.05) is 0 Å². The third kappa shape index (κ3) is 2.38. The molecule has 0 radical (unpaired) electrons. The SMILES string of the molecule is Cc1nc(Cc2noc(-c3coc(CN)c3)n2)no1. The molecule has 0 aliphatic rings. The molecule has 3 rings (SSSR count). The number of hydrogen-bond donors (Lipinski definition) is 1. The van der Waals surface area contributed by atoms with Crippen LogP contribution >= 0.6 is 0 Å². The van der Waals surface area contributed by atoms with Crippen molar-refractivity contribution < 1.29 is 13.5 Å². The lowest BCUT2D eigenvalue weighted by Crippen LogP contribution is -1.93. The fraction of sp³-hybridized carbons (Fsp3) is 0.273. The van der Waals surface area contributed by atoms with Crippen molar-refractivity contribution in [2.45, 2.75) is 19.9 Å². The molecule has 3 aromatic rings. The summed E-state index contributed by atoms with van der Waals surface area (Å²) in [6, 6.07) is 1.76. The van der Waals surface area contributed by atoms with Crippen molar-refractivity contribution >= 4 is 0 Å². The second-order valence-corrected chi connectivity index (χ2v) is 3.93. The van der Waals surface area contributed by atoms with Crippen molar-refractivity contribution in [3.8, 4) is 11.5 Å². The molecule has 3 aromatic heterocycles. The molecule has 0 saturated carbocycles. The molecule has 19 heavy (non-hydrogen) atoms. The van der Waals surface area contributed by atoms with Crippen LogP contribution in [0.1, 0.15) is 23.3 Å². The maximum absolute atomic E-state index is 5.46. The van der Waals surface area contributed by atoms with Gasteiger partial charge in [-0.05, 0) is 6.07 Å². The number of rotatable bonds is 4. The van der Waals surface area contributed by atoms with Gasteiger partial charge in [0.2, 0.25) is 5.89 Å². The third-order valence-electron chi connectivity index (χ3n) is 2.46. The Bertz CT molecular complexity index is 684. The van der Waals surface area contributed by atoms with Crippen LogP contribution < -0.4 is 5.73 Å². The minimum Gasteiger partial charge on any atom is -0.467 e. The average Bonchev–Trinajstić information content (AvgIpc) is 3.10. The first-order valence-electron chi connectivity index (χ1n) is 5.64. The molecule has 0 aliphatic carbocycles. The van der Waals surface area contributed by atoms with Gasteiger partial charge in [-0.2, -0.15) is 9.97 Å². The lowest BCUT2D eigenvalue weighted by Gasteiger charge is -1.84. The Hall–Kier alpha value is -2.48. The molecule has 98 valence electrons. The van der Waals surface area contributed by atoms with Crippen molar-refractivity contribution in [3.05, 3.63) is 35.6 Å². The van der Waals surface area contributed by atoms with Crippen LogP contribution in [0.15, 0.2) is 25.8 Å². The van der Waals surface area contributed by atoms with Gasteiger partial charge in [0.15, 0.2) is 11.6 Å². The molecule has 3 heterocycles. The van der Waals surface area contributed by atoms with E-state index in [0.717, 1.165) is 0 Å². The molecule has 0 fully saturated rings. The first-order valence-corrected chi connectivity index (χ1v) is 5.64. The topological polar surface area (TPSA) is 117 Å². The van der Waals surface area contributed by atoms with Gasteiger partial charge in [-0.1, -0.05) is 10.3 Å². The summed E-state index contributed by atoms with van der Waals surface area (Å²) in [6.45, 7) is 2.04. The summed E-state index contributed by atoms with van der Waals surface area (Å²) >= 11 is 0. The lowest BCUT2D eigenvalue weighted by molar-refractivity contribution is 0.387. The van der Waals surface area contributed by atoms with E-state index in [0.29, 0.717) is 47.7 Å². The van der Waals surface area contributed by atoms with Gasteiger partial charge in [0.25, 0.3) is 5.89 Å². The predicted octanol–water partition coefficient (Wildman–Crippen LogP) is 1.07. The molecule has 0 bridgehead atoms. The van der Waals surface area contributed by atoms with E-state index in [1.807, 2.05) is 0 Å². The zero-order valence-electron chi connectivity index (χ0n) is 10.2. The van der Waals surface area contributed by atoms with Crippen LogP contribution in [0.25, 0.3) is 11.5 Å². The van der Waals surface area contributed by atoms with Crippen LogP contribution in [0.5, 0.6) is 0 Å². The van der Waals surface area contributed by atoms with Gasteiger partial charge in [0, 0.05) is 6.92 Å². The van der Waals surface area contributed by atoms with Crippen LogP contribution in [0.3, 0.4) is 0 Å². The zero-order chi connectivity index (χ0) is 13.2. The minimum atomic E-state index is 0.323. The molecule has 0 aliphatic heterocycles. The first kappa shape index (κ1) is 11.6. The van der Waals surface area contributed by atoms with Crippen LogP contribution in [-0.2, 0) is 13.0 Å². The Morgan fingerprint density at radius 2 is 1.95 bits per heavy atom. The van der Waals surface area contributed by atoms with E-state index in [1.54, 1.807) is 13.0 Å². The monoisotopic (exact) mass is 261 g/mol. The maximum Gasteiger partial charge on any atom is 0.261 e. The molecule has 0 saturated heterocycles. The smallest absolute Gasteiger partial charge is 0.261 e. The zero-order valence-corrected chi connectivity index (χ0v) is 10.2. The molecule has 8 nitrogen and oxygen atoms in total. The highest BCUT2D eigenvalue weighted by molar-refractivity contribution is 5.51. The molecule has 8 heteroatoms. The Kier molecular flexibility index (Phi) is 2.84. The van der Waals surface area contributed by atoms with E-state index in [2.05, 4.69) is 20.3 Å². The lowest BCUT2D eigenvalue weighted by atomic mass is 10.3. The third-order valence-corrected chi connectivity index (χ3v) is 2.46. The number of hydrogen-bond acceptors (Lipinski definition) is 8. The van der Waals surface area contributed by atoms with Crippen molar-refractivity contribution in [3.63, 3.8) is 0 Å². The van der Waals surface area contributed by atoms with Gasteiger partial charge >= 0.3 is 0 Å². The Morgan fingerprint density at radius 1 is 1.16 bits per heavy atom. The van der Waals surface area contributed by atoms with Gasteiger partial charge in [0.05, 0.1) is 18.5 Å². The Morgan fingerprint density at radius 3 is 2.63 bits per heavy atom. The van der Waals surface area contributed by atoms with E-state index in [1.165, 1.54) is 6.26 Å². The summed E-state index contributed by atoms with van der Waals surface area (Å²) in [5.74, 6) is 2.52. The fourth-order valence-corrected chi connectivity index (χ4v) is 1.60. The molecule has 2 N–H and O–H groups in total. The molecule has 0 atom stereocenters. The molecule has 0 amide bonds. The number of nitrogens with two attached hydrogens (primary N) is 1. The standard InChI is InChI=1S/C11H11N5O3/c1-6-13-9(15-18-6)3-10-14-11(19-16-10)7-2-8(4-12)17-5-7/h2,5H,3-4,12H2,1H3. The molecular weight excluding hydrogens is 250 g/mol. The second-order valence-electron chi connectivity index (χ2n) is 3.93. The normalized spacial score (nSPS) is 11.1.